The molecule has 41 heavy (non-hydrogen) atoms. The SMILES string of the molecule is C=CCOc1c(Cl)cc(Cl)cc1/C=c1/sc2n(c1=O)[C@H](c1ccc(OC(C)C)c(OC)c1)C(C(=O)OCC)=C(C)N=2. The number of halogens is 2. The first-order valence-corrected chi connectivity index (χ1v) is 14.4. The van der Waals surface area contributed by atoms with Crippen molar-refractivity contribution < 1.29 is 23.7 Å². The number of thiazole rings is 1. The molecule has 0 saturated carbocycles. The fourth-order valence-electron chi connectivity index (χ4n) is 4.44. The van der Waals surface area contributed by atoms with Crippen molar-refractivity contribution in [3.8, 4) is 17.2 Å². The molecule has 0 N–H and O–H groups in total. The number of nitrogens with zero attached hydrogens (tertiary/aromatic N) is 2. The van der Waals surface area contributed by atoms with Gasteiger partial charge in [-0.25, -0.2) is 9.79 Å². The summed E-state index contributed by atoms with van der Waals surface area (Å²) in [7, 11) is 1.53. The van der Waals surface area contributed by atoms with E-state index in [1.54, 1.807) is 56.3 Å². The third-order valence-electron chi connectivity index (χ3n) is 6.05. The van der Waals surface area contributed by atoms with E-state index in [0.29, 0.717) is 53.5 Å². The number of carbonyl (C=O) groups excluding carboxylic acids is 1. The van der Waals surface area contributed by atoms with Gasteiger partial charge in [0.05, 0.1) is 46.7 Å². The summed E-state index contributed by atoms with van der Waals surface area (Å²) in [6, 6.07) is 7.73. The van der Waals surface area contributed by atoms with E-state index in [2.05, 4.69) is 11.6 Å². The van der Waals surface area contributed by atoms with Gasteiger partial charge in [0.2, 0.25) is 0 Å². The second-order valence-electron chi connectivity index (χ2n) is 9.28. The molecule has 0 unspecified atom stereocenters. The monoisotopic (exact) mass is 616 g/mol. The first-order valence-electron chi connectivity index (χ1n) is 12.9. The van der Waals surface area contributed by atoms with Crippen LogP contribution in [-0.2, 0) is 9.53 Å². The Kier molecular flexibility index (Phi) is 9.63. The predicted molar refractivity (Wildman–Crippen MR) is 161 cm³/mol. The Morgan fingerprint density at radius 3 is 2.63 bits per heavy atom. The van der Waals surface area contributed by atoms with Crippen LogP contribution >= 0.6 is 34.5 Å². The van der Waals surface area contributed by atoms with E-state index in [4.69, 9.17) is 42.1 Å². The van der Waals surface area contributed by atoms with Crippen molar-refractivity contribution in [3.63, 3.8) is 0 Å². The third-order valence-corrected chi connectivity index (χ3v) is 7.53. The van der Waals surface area contributed by atoms with Crippen LogP contribution < -0.4 is 29.1 Å². The highest BCUT2D eigenvalue weighted by Crippen LogP contribution is 2.37. The maximum Gasteiger partial charge on any atom is 0.338 e. The maximum absolute atomic E-state index is 14.0. The predicted octanol–water partition coefficient (Wildman–Crippen LogP) is 5.47. The van der Waals surface area contributed by atoms with Crippen LogP contribution in [-0.4, -0.2) is 37.0 Å². The first kappa shape index (κ1) is 30.4. The Balaban J connectivity index is 1.97. The number of esters is 1. The fraction of sp³-hybridized carbons (Fsp3) is 0.300. The lowest BCUT2D eigenvalue weighted by Crippen LogP contribution is -2.40. The van der Waals surface area contributed by atoms with Gasteiger partial charge in [0.15, 0.2) is 16.3 Å². The van der Waals surface area contributed by atoms with Crippen molar-refractivity contribution in [2.45, 2.75) is 39.8 Å². The Labute approximate surface area is 251 Å². The van der Waals surface area contributed by atoms with E-state index < -0.39 is 12.0 Å². The number of benzene rings is 2. The molecule has 216 valence electrons. The Morgan fingerprint density at radius 1 is 1.22 bits per heavy atom. The Hall–Kier alpha value is -3.53. The largest absolute Gasteiger partial charge is 0.493 e. The van der Waals surface area contributed by atoms with Crippen LogP contribution in [0.1, 0.15) is 44.9 Å². The first-order chi connectivity index (χ1) is 19.6. The molecule has 3 aromatic rings. The highest BCUT2D eigenvalue weighted by molar-refractivity contribution is 7.07. The molecular formula is C30H30Cl2N2O6S. The van der Waals surface area contributed by atoms with E-state index >= 15 is 0 Å². The van der Waals surface area contributed by atoms with Gasteiger partial charge in [0, 0.05) is 10.6 Å². The molecule has 0 amide bonds. The molecule has 1 atom stereocenters. The number of ether oxygens (including phenoxy) is 4. The molecule has 2 aromatic carbocycles. The maximum atomic E-state index is 14.0. The summed E-state index contributed by atoms with van der Waals surface area (Å²) in [6.45, 7) is 11.3. The molecule has 2 heterocycles. The number of allylic oxidation sites excluding steroid dienone is 1. The zero-order chi connectivity index (χ0) is 29.8. The van der Waals surface area contributed by atoms with Crippen LogP contribution in [0.25, 0.3) is 6.08 Å². The van der Waals surface area contributed by atoms with Crippen LogP contribution in [0.15, 0.2) is 64.0 Å². The summed E-state index contributed by atoms with van der Waals surface area (Å²) in [5.41, 5.74) is 1.49. The molecule has 0 saturated heterocycles. The molecule has 4 rings (SSSR count). The minimum atomic E-state index is -0.825. The smallest absolute Gasteiger partial charge is 0.338 e. The quantitative estimate of drug-likeness (QED) is 0.222. The topological polar surface area (TPSA) is 88.3 Å². The van der Waals surface area contributed by atoms with Crippen molar-refractivity contribution >= 4 is 46.6 Å². The molecule has 1 aliphatic heterocycles. The van der Waals surface area contributed by atoms with Gasteiger partial charge in [-0.15, -0.1) is 0 Å². The number of hydrogen-bond acceptors (Lipinski definition) is 8. The number of hydrogen-bond donors (Lipinski definition) is 0. The number of aromatic nitrogens is 1. The molecule has 0 bridgehead atoms. The van der Waals surface area contributed by atoms with E-state index in [1.807, 2.05) is 13.8 Å². The molecule has 0 fully saturated rings. The van der Waals surface area contributed by atoms with Crippen molar-refractivity contribution in [2.24, 2.45) is 4.99 Å². The minimum absolute atomic E-state index is 0.0787. The lowest BCUT2D eigenvalue weighted by molar-refractivity contribution is -0.139. The summed E-state index contributed by atoms with van der Waals surface area (Å²) in [5.74, 6) is 0.819. The van der Waals surface area contributed by atoms with Gasteiger partial charge < -0.3 is 18.9 Å². The van der Waals surface area contributed by atoms with Gasteiger partial charge in [0.25, 0.3) is 5.56 Å². The average molecular weight is 618 g/mol. The van der Waals surface area contributed by atoms with Gasteiger partial charge >= 0.3 is 5.97 Å². The van der Waals surface area contributed by atoms with Crippen LogP contribution in [0, 0.1) is 0 Å². The number of methoxy groups -OCH3 is 1. The number of fused-ring (bicyclic) bond motifs is 1. The second-order valence-corrected chi connectivity index (χ2v) is 11.1. The van der Waals surface area contributed by atoms with Crippen molar-refractivity contribution in [3.05, 3.63) is 95.1 Å². The molecule has 1 aliphatic rings. The van der Waals surface area contributed by atoms with Gasteiger partial charge in [0.1, 0.15) is 12.4 Å². The summed E-state index contributed by atoms with van der Waals surface area (Å²) < 4.78 is 24.5. The Bertz CT molecular complexity index is 1710. The zero-order valence-corrected chi connectivity index (χ0v) is 25.7. The van der Waals surface area contributed by atoms with Gasteiger partial charge in [-0.2, -0.15) is 0 Å². The molecule has 8 nitrogen and oxygen atoms in total. The Morgan fingerprint density at radius 2 is 1.98 bits per heavy atom. The standard InChI is InChI=1S/C30H30Cl2N2O6S/c1-7-11-39-27-19(12-20(31)15-21(27)32)14-24-28(35)34-26(18-9-10-22(40-16(3)4)23(13-18)37-6)25(29(36)38-8-2)17(5)33-30(34)41-24/h7,9-10,12-16,26H,1,8,11H2,2-6H3/b24-14+/t26-/m1/s1. The van der Waals surface area contributed by atoms with Gasteiger partial charge in [-0.1, -0.05) is 53.3 Å². The van der Waals surface area contributed by atoms with E-state index in [1.165, 1.54) is 23.0 Å². The highest BCUT2D eigenvalue weighted by atomic mass is 35.5. The van der Waals surface area contributed by atoms with Gasteiger partial charge in [-0.3, -0.25) is 9.36 Å². The molecule has 0 aliphatic carbocycles. The minimum Gasteiger partial charge on any atom is -0.493 e. The van der Waals surface area contributed by atoms with Crippen molar-refractivity contribution in [2.75, 3.05) is 20.3 Å². The van der Waals surface area contributed by atoms with Crippen LogP contribution in [0.2, 0.25) is 10.0 Å². The van der Waals surface area contributed by atoms with Crippen LogP contribution in [0.5, 0.6) is 17.2 Å². The third kappa shape index (κ3) is 6.37. The van der Waals surface area contributed by atoms with Crippen molar-refractivity contribution in [1.29, 1.82) is 0 Å². The molecular weight excluding hydrogens is 587 g/mol. The second kappa shape index (κ2) is 13.0. The lowest BCUT2D eigenvalue weighted by Gasteiger charge is -2.25. The fourth-order valence-corrected chi connectivity index (χ4v) is 6.04. The van der Waals surface area contributed by atoms with Crippen LogP contribution in [0.4, 0.5) is 0 Å². The highest BCUT2D eigenvalue weighted by Gasteiger charge is 2.34. The van der Waals surface area contributed by atoms with E-state index in [0.717, 1.165) is 0 Å². The molecule has 1 aromatic heterocycles. The molecule has 11 heteroatoms. The average Bonchev–Trinajstić information content (AvgIpc) is 3.21. The number of carbonyl (C=O) groups is 1. The van der Waals surface area contributed by atoms with Gasteiger partial charge in [-0.05, 0) is 63.6 Å². The number of rotatable bonds is 10. The van der Waals surface area contributed by atoms with E-state index in [-0.39, 0.29) is 30.5 Å². The summed E-state index contributed by atoms with van der Waals surface area (Å²) in [6.07, 6.45) is 3.17. The lowest BCUT2D eigenvalue weighted by atomic mass is 9.95. The summed E-state index contributed by atoms with van der Waals surface area (Å²) in [4.78, 5) is 32.3. The molecule has 0 spiro atoms. The normalized spacial score (nSPS) is 14.9. The zero-order valence-electron chi connectivity index (χ0n) is 23.3. The molecule has 0 radical (unpaired) electrons. The summed E-state index contributed by atoms with van der Waals surface area (Å²) >= 11 is 13.9. The van der Waals surface area contributed by atoms with Crippen molar-refractivity contribution in [1.82, 2.24) is 4.57 Å². The summed E-state index contributed by atoms with van der Waals surface area (Å²) in [5, 5.41) is 0.682. The van der Waals surface area contributed by atoms with Crippen LogP contribution in [0.3, 0.4) is 0 Å². The van der Waals surface area contributed by atoms with E-state index in [9.17, 15) is 9.59 Å².